The molecular weight excluding hydrogens is 252 g/mol. The van der Waals surface area contributed by atoms with E-state index in [9.17, 15) is 4.79 Å². The lowest BCUT2D eigenvalue weighted by molar-refractivity contribution is -0.139. The summed E-state index contributed by atoms with van der Waals surface area (Å²) >= 11 is 0. The predicted molar refractivity (Wildman–Crippen MR) is 77.7 cm³/mol. The molecule has 1 N–H and O–H groups in total. The van der Waals surface area contributed by atoms with Gasteiger partial charge in [0.1, 0.15) is 0 Å². The molecule has 0 aromatic heterocycles. The molecule has 1 aromatic carbocycles. The molecule has 0 saturated carbocycles. The van der Waals surface area contributed by atoms with E-state index in [-0.39, 0.29) is 11.8 Å². The number of nitrogens with zero attached hydrogens (tertiary/aromatic N) is 1. The van der Waals surface area contributed by atoms with Crippen LogP contribution in [-0.4, -0.2) is 50.2 Å². The molecule has 20 heavy (non-hydrogen) atoms. The number of hydrogen-bond acceptors (Lipinski definition) is 3. The Labute approximate surface area is 120 Å². The van der Waals surface area contributed by atoms with E-state index in [4.69, 9.17) is 4.74 Å². The number of carbonyl (C=O) groups is 1. The maximum Gasteiger partial charge on any atom is 0.227 e. The quantitative estimate of drug-likeness (QED) is 0.880. The Morgan fingerprint density at radius 3 is 2.60 bits per heavy atom. The van der Waals surface area contributed by atoms with Gasteiger partial charge in [-0.25, -0.2) is 0 Å². The summed E-state index contributed by atoms with van der Waals surface area (Å²) < 4.78 is 5.33. The maximum atomic E-state index is 12.7. The number of amides is 1. The van der Waals surface area contributed by atoms with E-state index in [0.29, 0.717) is 19.1 Å². The van der Waals surface area contributed by atoms with Crippen molar-refractivity contribution in [3.05, 3.63) is 35.4 Å². The van der Waals surface area contributed by atoms with Crippen LogP contribution in [0.2, 0.25) is 0 Å². The van der Waals surface area contributed by atoms with Gasteiger partial charge in [-0.1, -0.05) is 29.8 Å². The molecule has 108 valence electrons. The molecular formula is C16H22N2O2. The van der Waals surface area contributed by atoms with Gasteiger partial charge in [-0.3, -0.25) is 4.79 Å². The number of rotatable bonds is 2. The fourth-order valence-electron chi connectivity index (χ4n) is 3.12. The Balaban J connectivity index is 1.74. The van der Waals surface area contributed by atoms with Crippen LogP contribution < -0.4 is 5.32 Å². The van der Waals surface area contributed by atoms with Gasteiger partial charge in [0.15, 0.2) is 0 Å². The van der Waals surface area contributed by atoms with Crippen molar-refractivity contribution in [1.82, 2.24) is 10.2 Å². The SMILES string of the molecule is Cc1ccc(C2CNCC2C(=O)N2CCOCC2)cc1. The van der Waals surface area contributed by atoms with Crippen molar-refractivity contribution >= 4 is 5.91 Å². The molecule has 0 bridgehead atoms. The molecule has 3 rings (SSSR count). The second-order valence-electron chi connectivity index (χ2n) is 5.72. The largest absolute Gasteiger partial charge is 0.378 e. The third kappa shape index (κ3) is 2.72. The van der Waals surface area contributed by atoms with Gasteiger partial charge in [-0.05, 0) is 12.5 Å². The number of ether oxygens (including phenoxy) is 1. The van der Waals surface area contributed by atoms with Gasteiger partial charge < -0.3 is 15.0 Å². The monoisotopic (exact) mass is 274 g/mol. The Bertz CT molecular complexity index is 466. The summed E-state index contributed by atoms with van der Waals surface area (Å²) in [5, 5.41) is 3.38. The number of morpholine rings is 1. The highest BCUT2D eigenvalue weighted by Gasteiger charge is 2.36. The molecule has 0 radical (unpaired) electrons. The summed E-state index contributed by atoms with van der Waals surface area (Å²) in [4.78, 5) is 14.6. The van der Waals surface area contributed by atoms with Crippen LogP contribution >= 0.6 is 0 Å². The van der Waals surface area contributed by atoms with Crippen LogP contribution in [0.5, 0.6) is 0 Å². The molecule has 2 fully saturated rings. The van der Waals surface area contributed by atoms with Gasteiger partial charge in [0.2, 0.25) is 5.91 Å². The zero-order chi connectivity index (χ0) is 13.9. The van der Waals surface area contributed by atoms with Crippen molar-refractivity contribution < 1.29 is 9.53 Å². The Kier molecular flexibility index (Phi) is 4.03. The van der Waals surface area contributed by atoms with E-state index < -0.39 is 0 Å². The highest BCUT2D eigenvalue weighted by molar-refractivity contribution is 5.80. The molecule has 2 heterocycles. The predicted octanol–water partition coefficient (Wildman–Crippen LogP) is 1.16. The lowest BCUT2D eigenvalue weighted by Gasteiger charge is -2.31. The molecule has 4 nitrogen and oxygen atoms in total. The molecule has 2 saturated heterocycles. The first-order valence-corrected chi connectivity index (χ1v) is 7.39. The summed E-state index contributed by atoms with van der Waals surface area (Å²) in [6.45, 7) is 6.57. The van der Waals surface area contributed by atoms with Crippen molar-refractivity contribution in [3.8, 4) is 0 Å². The summed E-state index contributed by atoms with van der Waals surface area (Å²) in [6.07, 6.45) is 0. The fourth-order valence-corrected chi connectivity index (χ4v) is 3.12. The normalized spacial score (nSPS) is 26.8. The van der Waals surface area contributed by atoms with Crippen LogP contribution in [0.4, 0.5) is 0 Å². The first kappa shape index (κ1) is 13.6. The van der Waals surface area contributed by atoms with Gasteiger partial charge in [0.25, 0.3) is 0 Å². The van der Waals surface area contributed by atoms with Gasteiger partial charge in [-0.15, -0.1) is 0 Å². The Morgan fingerprint density at radius 2 is 1.90 bits per heavy atom. The lowest BCUT2D eigenvalue weighted by atomic mass is 9.87. The Morgan fingerprint density at radius 1 is 1.20 bits per heavy atom. The standard InChI is InChI=1S/C16H22N2O2/c1-12-2-4-13(5-3-12)14-10-17-11-15(14)16(19)18-6-8-20-9-7-18/h2-5,14-15,17H,6-11H2,1H3. The van der Waals surface area contributed by atoms with Gasteiger partial charge in [0.05, 0.1) is 19.1 Å². The first-order valence-electron chi connectivity index (χ1n) is 7.39. The van der Waals surface area contributed by atoms with E-state index in [1.54, 1.807) is 0 Å². The fraction of sp³-hybridized carbons (Fsp3) is 0.562. The third-order valence-corrected chi connectivity index (χ3v) is 4.36. The number of hydrogen-bond donors (Lipinski definition) is 1. The molecule has 2 aliphatic rings. The second kappa shape index (κ2) is 5.94. The van der Waals surface area contributed by atoms with E-state index in [1.165, 1.54) is 11.1 Å². The highest BCUT2D eigenvalue weighted by atomic mass is 16.5. The molecule has 2 atom stereocenters. The zero-order valence-corrected chi connectivity index (χ0v) is 12.0. The first-order chi connectivity index (χ1) is 9.75. The second-order valence-corrected chi connectivity index (χ2v) is 5.72. The van der Waals surface area contributed by atoms with Gasteiger partial charge in [0, 0.05) is 32.1 Å². The summed E-state index contributed by atoms with van der Waals surface area (Å²) in [5.41, 5.74) is 2.53. The van der Waals surface area contributed by atoms with E-state index in [2.05, 4.69) is 36.5 Å². The van der Waals surface area contributed by atoms with Crippen molar-refractivity contribution in [2.24, 2.45) is 5.92 Å². The van der Waals surface area contributed by atoms with Crippen LogP contribution in [0.1, 0.15) is 17.0 Å². The molecule has 4 heteroatoms. The topological polar surface area (TPSA) is 41.6 Å². The van der Waals surface area contributed by atoms with Crippen molar-refractivity contribution in [2.75, 3.05) is 39.4 Å². The van der Waals surface area contributed by atoms with Crippen LogP contribution in [0.25, 0.3) is 0 Å². The van der Waals surface area contributed by atoms with Crippen LogP contribution in [0.3, 0.4) is 0 Å². The average molecular weight is 274 g/mol. The number of nitrogens with one attached hydrogen (secondary N) is 1. The lowest BCUT2D eigenvalue weighted by Crippen LogP contribution is -2.45. The van der Waals surface area contributed by atoms with Gasteiger partial charge >= 0.3 is 0 Å². The summed E-state index contributed by atoms with van der Waals surface area (Å²) in [5.74, 6) is 0.644. The van der Waals surface area contributed by atoms with Crippen molar-refractivity contribution in [3.63, 3.8) is 0 Å². The van der Waals surface area contributed by atoms with Crippen LogP contribution in [0.15, 0.2) is 24.3 Å². The average Bonchev–Trinajstić information content (AvgIpc) is 2.97. The summed E-state index contributed by atoms with van der Waals surface area (Å²) in [6, 6.07) is 8.58. The number of aryl methyl sites for hydroxylation is 1. The molecule has 2 aliphatic heterocycles. The molecule has 1 amide bonds. The molecule has 0 aliphatic carbocycles. The number of benzene rings is 1. The number of carbonyl (C=O) groups excluding carboxylic acids is 1. The molecule has 1 aromatic rings. The zero-order valence-electron chi connectivity index (χ0n) is 12.0. The van der Waals surface area contributed by atoms with E-state index >= 15 is 0 Å². The van der Waals surface area contributed by atoms with Crippen molar-refractivity contribution in [1.29, 1.82) is 0 Å². The minimum Gasteiger partial charge on any atom is -0.378 e. The molecule has 0 spiro atoms. The third-order valence-electron chi connectivity index (χ3n) is 4.36. The van der Waals surface area contributed by atoms with Crippen LogP contribution in [0, 0.1) is 12.8 Å². The highest BCUT2D eigenvalue weighted by Crippen LogP contribution is 2.30. The Hall–Kier alpha value is -1.39. The summed E-state index contributed by atoms with van der Waals surface area (Å²) in [7, 11) is 0. The van der Waals surface area contributed by atoms with Gasteiger partial charge in [-0.2, -0.15) is 0 Å². The van der Waals surface area contributed by atoms with E-state index in [0.717, 1.165) is 26.2 Å². The van der Waals surface area contributed by atoms with Crippen molar-refractivity contribution in [2.45, 2.75) is 12.8 Å². The minimum atomic E-state index is 0.0656. The van der Waals surface area contributed by atoms with E-state index in [1.807, 2.05) is 4.90 Å². The maximum absolute atomic E-state index is 12.7. The van der Waals surface area contributed by atoms with Crippen LogP contribution in [-0.2, 0) is 9.53 Å². The minimum absolute atomic E-state index is 0.0656. The smallest absolute Gasteiger partial charge is 0.227 e. The molecule has 2 unspecified atom stereocenters.